The predicted octanol–water partition coefficient (Wildman–Crippen LogP) is -1.48. The standard InChI is InChI=1S/C11H19N5O4.HI/c1-14-5-16(6-20-4-7(18)3-17)9-8(14)10(19)15(2)11(12)13-9;/h7,17-18H,3-6H2,1-2H3,(H2,12,13);1H/t7-;/m0./s1. The lowest BCUT2D eigenvalue weighted by atomic mass is 10.4. The van der Waals surface area contributed by atoms with E-state index >= 15 is 0 Å². The maximum absolute atomic E-state index is 12.1. The Bertz CT molecular complexity index is 552. The average Bonchev–Trinajstić information content (AvgIpc) is 2.72. The molecule has 0 aliphatic carbocycles. The second-order valence-electron chi connectivity index (χ2n) is 4.72. The summed E-state index contributed by atoms with van der Waals surface area (Å²) in [7, 11) is 3.34. The Morgan fingerprint density at radius 1 is 1.48 bits per heavy atom. The van der Waals surface area contributed by atoms with E-state index in [1.54, 1.807) is 23.9 Å². The Hall–Kier alpha value is -1.11. The Kier molecular flexibility index (Phi) is 6.19. The van der Waals surface area contributed by atoms with Gasteiger partial charge in [0, 0.05) is 14.1 Å². The van der Waals surface area contributed by atoms with Gasteiger partial charge in [0.15, 0.2) is 5.82 Å². The Morgan fingerprint density at radius 3 is 2.76 bits per heavy atom. The zero-order valence-electron chi connectivity index (χ0n) is 11.9. The van der Waals surface area contributed by atoms with Crippen LogP contribution in [0.25, 0.3) is 0 Å². The number of ether oxygens (including phenoxy) is 1. The summed E-state index contributed by atoms with van der Waals surface area (Å²) in [6.07, 6.45) is -0.920. The molecule has 1 aromatic rings. The number of nitrogen functional groups attached to an aromatic ring is 1. The quantitative estimate of drug-likeness (QED) is 0.501. The third-order valence-corrected chi connectivity index (χ3v) is 3.12. The van der Waals surface area contributed by atoms with Gasteiger partial charge in [-0.2, -0.15) is 4.98 Å². The fraction of sp³-hybridized carbons (Fsp3) is 0.636. The summed E-state index contributed by atoms with van der Waals surface area (Å²) in [5.74, 6) is 0.594. The summed E-state index contributed by atoms with van der Waals surface area (Å²) in [6, 6.07) is 0. The number of fused-ring (bicyclic) bond motifs is 1. The van der Waals surface area contributed by atoms with Gasteiger partial charge < -0.3 is 30.5 Å². The largest absolute Gasteiger partial charge is 0.394 e. The highest BCUT2D eigenvalue weighted by molar-refractivity contribution is 14.0. The number of rotatable bonds is 5. The highest BCUT2D eigenvalue weighted by Crippen LogP contribution is 2.29. The van der Waals surface area contributed by atoms with Gasteiger partial charge in [0.1, 0.15) is 18.5 Å². The maximum Gasteiger partial charge on any atom is 0.280 e. The fourth-order valence-corrected chi connectivity index (χ4v) is 2.00. The number of hydrogen-bond acceptors (Lipinski definition) is 8. The fourth-order valence-electron chi connectivity index (χ4n) is 2.00. The van der Waals surface area contributed by atoms with Gasteiger partial charge in [0.05, 0.1) is 19.9 Å². The van der Waals surface area contributed by atoms with E-state index in [2.05, 4.69) is 4.98 Å². The minimum absolute atomic E-state index is 0. The molecule has 21 heavy (non-hydrogen) atoms. The van der Waals surface area contributed by atoms with Crippen LogP contribution in [0.3, 0.4) is 0 Å². The molecule has 0 fully saturated rings. The van der Waals surface area contributed by atoms with E-state index in [-0.39, 0.29) is 55.4 Å². The van der Waals surface area contributed by atoms with Crippen LogP contribution in [0.2, 0.25) is 0 Å². The van der Waals surface area contributed by atoms with Crippen LogP contribution in [0.4, 0.5) is 17.5 Å². The number of nitrogens with two attached hydrogens (primary N) is 1. The molecule has 0 saturated carbocycles. The maximum atomic E-state index is 12.1. The lowest BCUT2D eigenvalue weighted by Gasteiger charge is -2.19. The number of aliphatic hydroxyl groups is 2. The first kappa shape index (κ1) is 17.9. The van der Waals surface area contributed by atoms with E-state index in [9.17, 15) is 9.90 Å². The van der Waals surface area contributed by atoms with Crippen molar-refractivity contribution in [1.29, 1.82) is 0 Å². The van der Waals surface area contributed by atoms with Crippen LogP contribution >= 0.6 is 24.0 Å². The number of halogens is 1. The molecule has 1 atom stereocenters. The summed E-state index contributed by atoms with van der Waals surface area (Å²) in [5, 5.41) is 17.9. The first-order chi connectivity index (χ1) is 9.45. The summed E-state index contributed by atoms with van der Waals surface area (Å²) in [4.78, 5) is 19.8. The zero-order chi connectivity index (χ0) is 14.9. The summed E-state index contributed by atoms with van der Waals surface area (Å²) >= 11 is 0. The first-order valence-electron chi connectivity index (χ1n) is 6.15. The van der Waals surface area contributed by atoms with Crippen LogP contribution in [-0.4, -0.2) is 59.5 Å². The molecule has 0 unspecified atom stereocenters. The summed E-state index contributed by atoms with van der Waals surface area (Å²) in [6.45, 7) is 0.235. The molecule has 0 amide bonds. The molecule has 120 valence electrons. The molecule has 9 nitrogen and oxygen atoms in total. The van der Waals surface area contributed by atoms with Crippen LogP contribution in [0.1, 0.15) is 0 Å². The lowest BCUT2D eigenvalue weighted by molar-refractivity contribution is 0.00677. The first-order valence-corrected chi connectivity index (χ1v) is 6.15. The normalized spacial score (nSPS) is 14.9. The Morgan fingerprint density at radius 2 is 2.14 bits per heavy atom. The van der Waals surface area contributed by atoms with Crippen molar-refractivity contribution in [2.75, 3.05) is 49.2 Å². The van der Waals surface area contributed by atoms with Gasteiger partial charge in [-0.1, -0.05) is 0 Å². The topological polar surface area (TPSA) is 117 Å². The summed E-state index contributed by atoms with van der Waals surface area (Å²) < 4.78 is 6.57. The van der Waals surface area contributed by atoms with E-state index in [1.807, 2.05) is 0 Å². The molecular weight excluding hydrogens is 393 g/mol. The van der Waals surface area contributed by atoms with Crippen molar-refractivity contribution >= 4 is 41.4 Å². The van der Waals surface area contributed by atoms with Crippen molar-refractivity contribution in [3.63, 3.8) is 0 Å². The molecule has 0 bridgehead atoms. The van der Waals surface area contributed by atoms with Crippen molar-refractivity contribution in [3.8, 4) is 0 Å². The predicted molar refractivity (Wildman–Crippen MR) is 89.0 cm³/mol. The SMILES string of the molecule is CN1CN(COC[C@@H](O)CO)c2nc(N)n(C)c(=O)c21.I. The second kappa shape index (κ2) is 7.24. The molecule has 0 radical (unpaired) electrons. The monoisotopic (exact) mass is 413 g/mol. The summed E-state index contributed by atoms with van der Waals surface area (Å²) in [5.41, 5.74) is 5.94. The van der Waals surface area contributed by atoms with Gasteiger partial charge >= 0.3 is 0 Å². The van der Waals surface area contributed by atoms with Crippen LogP contribution in [-0.2, 0) is 11.8 Å². The number of aliphatic hydroxyl groups excluding tert-OH is 2. The number of hydrogen-bond donors (Lipinski definition) is 3. The minimum Gasteiger partial charge on any atom is -0.394 e. The van der Waals surface area contributed by atoms with E-state index in [4.69, 9.17) is 15.6 Å². The highest BCUT2D eigenvalue weighted by Gasteiger charge is 2.29. The Labute approximate surface area is 138 Å². The molecule has 4 N–H and O–H groups in total. The van der Waals surface area contributed by atoms with Gasteiger partial charge in [0.25, 0.3) is 5.56 Å². The van der Waals surface area contributed by atoms with Crippen molar-refractivity contribution < 1.29 is 14.9 Å². The third kappa shape index (κ3) is 3.56. The van der Waals surface area contributed by atoms with Crippen LogP contribution < -0.4 is 21.1 Å². The number of aromatic nitrogens is 2. The van der Waals surface area contributed by atoms with E-state index in [1.165, 1.54) is 4.57 Å². The van der Waals surface area contributed by atoms with Gasteiger partial charge in [-0.3, -0.25) is 9.36 Å². The van der Waals surface area contributed by atoms with Crippen LogP contribution in [0.15, 0.2) is 4.79 Å². The Balaban J connectivity index is 0.00000220. The molecule has 10 heteroatoms. The van der Waals surface area contributed by atoms with Gasteiger partial charge in [-0.25, -0.2) is 0 Å². The molecule has 1 aromatic heterocycles. The van der Waals surface area contributed by atoms with Crippen molar-refractivity contribution in [2.24, 2.45) is 7.05 Å². The van der Waals surface area contributed by atoms with E-state index in [0.717, 1.165) is 0 Å². The minimum atomic E-state index is -0.920. The van der Waals surface area contributed by atoms with Crippen LogP contribution in [0, 0.1) is 0 Å². The number of anilines is 3. The molecule has 0 saturated heterocycles. The molecule has 0 spiro atoms. The molecule has 1 aliphatic heterocycles. The lowest BCUT2D eigenvalue weighted by Crippen LogP contribution is -2.32. The van der Waals surface area contributed by atoms with Gasteiger partial charge in [-0.15, -0.1) is 24.0 Å². The van der Waals surface area contributed by atoms with Crippen molar-refractivity contribution in [2.45, 2.75) is 6.10 Å². The van der Waals surface area contributed by atoms with E-state index < -0.39 is 6.10 Å². The smallest absolute Gasteiger partial charge is 0.280 e. The molecular formula is C11H20IN5O4. The zero-order valence-corrected chi connectivity index (χ0v) is 14.2. The van der Waals surface area contributed by atoms with Crippen molar-refractivity contribution in [3.05, 3.63) is 10.4 Å². The number of nitrogens with zero attached hydrogens (tertiary/aromatic N) is 4. The molecule has 2 rings (SSSR count). The molecule has 0 aromatic carbocycles. The van der Waals surface area contributed by atoms with Crippen molar-refractivity contribution in [1.82, 2.24) is 9.55 Å². The second-order valence-corrected chi connectivity index (χ2v) is 4.72. The molecule has 2 heterocycles. The molecule has 1 aliphatic rings. The highest BCUT2D eigenvalue weighted by atomic mass is 127. The van der Waals surface area contributed by atoms with E-state index in [0.29, 0.717) is 18.2 Å². The average molecular weight is 413 g/mol. The van der Waals surface area contributed by atoms with Gasteiger partial charge in [-0.05, 0) is 0 Å². The van der Waals surface area contributed by atoms with Gasteiger partial charge in [0.2, 0.25) is 5.95 Å². The van der Waals surface area contributed by atoms with Crippen LogP contribution in [0.5, 0.6) is 0 Å². The third-order valence-electron chi connectivity index (χ3n) is 3.12.